The van der Waals surface area contributed by atoms with Crippen LogP contribution in [0.4, 0.5) is 4.39 Å². The summed E-state index contributed by atoms with van der Waals surface area (Å²) in [6.45, 7) is 3.68. The van der Waals surface area contributed by atoms with Gasteiger partial charge >= 0.3 is 0 Å². The molecule has 0 fully saturated rings. The Kier molecular flexibility index (Phi) is 2.69. The van der Waals surface area contributed by atoms with E-state index in [-0.39, 0.29) is 10.3 Å². The van der Waals surface area contributed by atoms with Crippen LogP contribution in [-0.2, 0) is 0 Å². The van der Waals surface area contributed by atoms with Crippen LogP contribution >= 0.6 is 11.6 Å². The third-order valence-corrected chi connectivity index (χ3v) is 3.15. The van der Waals surface area contributed by atoms with Gasteiger partial charge in [-0.25, -0.2) is 0 Å². The molecule has 1 heterocycles. The predicted octanol–water partition coefficient (Wildman–Crippen LogP) is 1.07. The Labute approximate surface area is 76.8 Å². The van der Waals surface area contributed by atoms with Crippen LogP contribution in [0.15, 0.2) is 12.3 Å². The van der Waals surface area contributed by atoms with Crippen LogP contribution in [0, 0.1) is 11.0 Å². The lowest BCUT2D eigenvalue weighted by molar-refractivity contribution is -0.588. The molecule has 1 aromatic rings. The van der Waals surface area contributed by atoms with Crippen LogP contribution in [0.1, 0.15) is 0 Å². The smallest absolute Gasteiger partial charge is 0.203 e. The van der Waals surface area contributed by atoms with Crippen molar-refractivity contribution in [2.24, 2.45) is 0 Å². The molecule has 0 N–H and O–H groups in total. The average molecular weight is 205 g/mol. The number of hydrogen-bond donors (Lipinski definition) is 0. The number of aromatic nitrogens is 1. The van der Waals surface area contributed by atoms with Crippen LogP contribution < -0.4 is 10.0 Å². The maximum absolute atomic E-state index is 13.2. The van der Waals surface area contributed by atoms with Gasteiger partial charge in [0, 0.05) is 6.07 Å². The first-order chi connectivity index (χ1) is 5.54. The molecule has 1 aromatic heterocycles. The Morgan fingerprint density at radius 2 is 2.17 bits per heavy atom. The Hall–Kier alpha value is -0.613. The molecule has 65 valence electrons. The molecule has 0 aliphatic rings. The minimum Gasteiger partial charge on any atom is -0.619 e. The number of nitrogens with zero attached hydrogens (tertiary/aromatic N) is 1. The van der Waals surface area contributed by atoms with Crippen molar-refractivity contribution >= 4 is 25.7 Å². The van der Waals surface area contributed by atoms with Gasteiger partial charge in [0.1, 0.15) is 0 Å². The van der Waals surface area contributed by atoms with Gasteiger partial charge in [-0.05, 0) is 0 Å². The van der Waals surface area contributed by atoms with Crippen molar-refractivity contribution in [2.75, 3.05) is 0 Å². The fraction of sp³-hybridized carbons (Fsp3) is 0.286. The number of pyridine rings is 1. The first-order valence-corrected chi connectivity index (χ1v) is 6.29. The van der Waals surface area contributed by atoms with Gasteiger partial charge in [0.25, 0.3) is 0 Å². The molecule has 0 amide bonds. The lowest BCUT2D eigenvalue weighted by Gasteiger charge is -2.07. The van der Waals surface area contributed by atoms with Crippen LogP contribution in [0.25, 0.3) is 0 Å². The molecular formula is C7H8ClFNOSi. The maximum Gasteiger partial charge on any atom is 0.203 e. The van der Waals surface area contributed by atoms with Gasteiger partial charge in [0.15, 0.2) is 20.3 Å². The van der Waals surface area contributed by atoms with Crippen molar-refractivity contribution in [2.45, 2.75) is 13.1 Å². The first kappa shape index (κ1) is 9.47. The highest BCUT2D eigenvalue weighted by molar-refractivity contribution is 6.69. The zero-order valence-electron chi connectivity index (χ0n) is 6.77. The summed E-state index contributed by atoms with van der Waals surface area (Å²) in [5, 5.41) is 11.3. The van der Waals surface area contributed by atoms with Crippen LogP contribution in [0.3, 0.4) is 0 Å². The first-order valence-electron chi connectivity index (χ1n) is 3.41. The van der Waals surface area contributed by atoms with Crippen molar-refractivity contribution in [3.63, 3.8) is 0 Å². The maximum atomic E-state index is 13.2. The van der Waals surface area contributed by atoms with Crippen LogP contribution in [0.5, 0.6) is 0 Å². The highest BCUT2D eigenvalue weighted by Gasteiger charge is 2.20. The van der Waals surface area contributed by atoms with E-state index in [2.05, 4.69) is 0 Å². The zero-order valence-corrected chi connectivity index (χ0v) is 8.52. The van der Waals surface area contributed by atoms with E-state index in [1.165, 1.54) is 12.3 Å². The molecule has 0 aromatic carbocycles. The minimum atomic E-state index is -1.10. The van der Waals surface area contributed by atoms with E-state index in [1.54, 1.807) is 0 Å². The van der Waals surface area contributed by atoms with E-state index < -0.39 is 14.6 Å². The molecule has 12 heavy (non-hydrogen) atoms. The van der Waals surface area contributed by atoms with Crippen molar-refractivity contribution < 1.29 is 9.12 Å². The zero-order chi connectivity index (χ0) is 9.30. The molecule has 1 radical (unpaired) electrons. The Balaban J connectivity index is 3.33. The fourth-order valence-corrected chi connectivity index (χ4v) is 2.24. The summed E-state index contributed by atoms with van der Waals surface area (Å²) >= 11 is 5.52. The van der Waals surface area contributed by atoms with Crippen molar-refractivity contribution in [3.8, 4) is 0 Å². The van der Waals surface area contributed by atoms with Crippen molar-refractivity contribution in [1.82, 2.24) is 0 Å². The fourth-order valence-electron chi connectivity index (χ4n) is 0.931. The van der Waals surface area contributed by atoms with E-state index in [4.69, 9.17) is 11.6 Å². The van der Waals surface area contributed by atoms with Gasteiger partial charge in [-0.2, -0.15) is 9.12 Å². The molecule has 0 spiro atoms. The molecule has 2 nitrogen and oxygen atoms in total. The molecule has 0 bridgehead atoms. The Morgan fingerprint density at radius 1 is 1.58 bits per heavy atom. The molecule has 0 saturated heterocycles. The van der Waals surface area contributed by atoms with E-state index in [9.17, 15) is 9.60 Å². The number of hydrogen-bond acceptors (Lipinski definition) is 1. The van der Waals surface area contributed by atoms with Crippen molar-refractivity contribution in [1.29, 1.82) is 0 Å². The largest absolute Gasteiger partial charge is 0.619 e. The van der Waals surface area contributed by atoms with E-state index >= 15 is 0 Å². The van der Waals surface area contributed by atoms with Gasteiger partial charge in [-0.15, -0.1) is 0 Å². The second kappa shape index (κ2) is 3.41. The predicted molar refractivity (Wildman–Crippen MR) is 47.5 cm³/mol. The average Bonchev–Trinajstić information content (AvgIpc) is 1.97. The topological polar surface area (TPSA) is 26.9 Å². The van der Waals surface area contributed by atoms with E-state index in [0.717, 1.165) is 0 Å². The van der Waals surface area contributed by atoms with Gasteiger partial charge in [0.2, 0.25) is 5.82 Å². The summed E-state index contributed by atoms with van der Waals surface area (Å²) < 4.78 is 13.7. The Morgan fingerprint density at radius 3 is 2.58 bits per heavy atom. The van der Waals surface area contributed by atoms with Gasteiger partial charge in [0.05, 0.1) is 5.02 Å². The quantitative estimate of drug-likeness (QED) is 0.382. The molecule has 0 aliphatic carbocycles. The lowest BCUT2D eigenvalue weighted by Crippen LogP contribution is -2.53. The SMILES string of the molecule is C[Si](C)c1c(F)c(Cl)cc[n+]1[O-]. The molecule has 5 heteroatoms. The summed E-state index contributed by atoms with van der Waals surface area (Å²) in [5.74, 6) is -0.576. The molecule has 1 rings (SSSR count). The molecular weight excluding hydrogens is 197 g/mol. The molecule has 0 atom stereocenters. The van der Waals surface area contributed by atoms with Crippen LogP contribution in [0.2, 0.25) is 18.1 Å². The second-order valence-electron chi connectivity index (χ2n) is 2.65. The monoisotopic (exact) mass is 204 g/mol. The van der Waals surface area contributed by atoms with Gasteiger partial charge < -0.3 is 5.21 Å². The third kappa shape index (κ3) is 1.59. The van der Waals surface area contributed by atoms with Crippen molar-refractivity contribution in [3.05, 3.63) is 28.3 Å². The summed E-state index contributed by atoms with van der Waals surface area (Å²) in [6.07, 6.45) is 1.23. The highest BCUT2D eigenvalue weighted by Crippen LogP contribution is 2.09. The third-order valence-electron chi connectivity index (χ3n) is 1.47. The standard InChI is InChI=1S/C7H8ClFNOSi/c1-12(2)7-6(9)5(8)3-4-10(7)11/h3-4H,1-2H3. The lowest BCUT2D eigenvalue weighted by atomic mass is 10.5. The Bertz CT molecular complexity index is 306. The molecule has 0 aliphatic heterocycles. The molecule has 0 unspecified atom stereocenters. The summed E-state index contributed by atoms with van der Waals surface area (Å²) in [4.78, 5) is 0. The van der Waals surface area contributed by atoms with E-state index in [1.807, 2.05) is 13.1 Å². The van der Waals surface area contributed by atoms with Gasteiger partial charge in [-0.3, -0.25) is 0 Å². The molecule has 0 saturated carbocycles. The summed E-state index contributed by atoms with van der Waals surface area (Å²) in [5.41, 5.74) is 0. The highest BCUT2D eigenvalue weighted by atomic mass is 35.5. The second-order valence-corrected chi connectivity index (χ2v) is 5.53. The van der Waals surface area contributed by atoms with E-state index in [0.29, 0.717) is 4.73 Å². The summed E-state index contributed by atoms with van der Waals surface area (Å²) in [7, 11) is -1.10. The minimum absolute atomic E-state index is 0.0169. The normalized spacial score (nSPS) is 10.8. The number of halogens is 2. The van der Waals surface area contributed by atoms with Gasteiger partial charge in [-0.1, -0.05) is 24.7 Å². The number of rotatable bonds is 1. The van der Waals surface area contributed by atoms with Crippen LogP contribution in [-0.4, -0.2) is 8.80 Å². The summed E-state index contributed by atoms with van der Waals surface area (Å²) in [6, 6.07) is 1.26.